The van der Waals surface area contributed by atoms with Gasteiger partial charge in [-0.3, -0.25) is 29.4 Å². The highest BCUT2D eigenvalue weighted by Gasteiger charge is 2.34. The van der Waals surface area contributed by atoms with Crippen molar-refractivity contribution in [1.29, 1.82) is 0 Å². The van der Waals surface area contributed by atoms with E-state index in [1.54, 1.807) is 18.2 Å². The Morgan fingerprint density at radius 3 is 2.52 bits per heavy atom. The van der Waals surface area contributed by atoms with Gasteiger partial charge in [0.2, 0.25) is 5.91 Å². The Labute approximate surface area is 191 Å². The van der Waals surface area contributed by atoms with E-state index >= 15 is 0 Å². The summed E-state index contributed by atoms with van der Waals surface area (Å²) in [6.45, 7) is 0.106. The van der Waals surface area contributed by atoms with E-state index in [9.17, 15) is 24.5 Å². The summed E-state index contributed by atoms with van der Waals surface area (Å²) in [5.41, 5.74) is 1.10. The molecule has 0 unspecified atom stereocenters. The second-order valence-corrected chi connectivity index (χ2v) is 8.28. The predicted molar refractivity (Wildman–Crippen MR) is 119 cm³/mol. The summed E-state index contributed by atoms with van der Waals surface area (Å²) >= 11 is 12.7. The molecule has 0 aromatic heterocycles. The molecular formula is C20H15Cl2N3O5S. The summed E-state index contributed by atoms with van der Waals surface area (Å²) in [6, 6.07) is 10.5. The van der Waals surface area contributed by atoms with Gasteiger partial charge in [-0.1, -0.05) is 29.3 Å². The molecule has 0 aliphatic carbocycles. The Bertz CT molecular complexity index is 1090. The molecule has 1 saturated heterocycles. The minimum Gasteiger partial charge on any atom is -0.354 e. The van der Waals surface area contributed by atoms with Crippen molar-refractivity contribution in [3.05, 3.63) is 78.7 Å². The fourth-order valence-electron chi connectivity index (χ4n) is 2.74. The number of nitrogens with one attached hydrogen (secondary N) is 1. The molecule has 1 N–H and O–H groups in total. The average molecular weight is 480 g/mol. The molecule has 0 atom stereocenters. The summed E-state index contributed by atoms with van der Waals surface area (Å²) < 4.78 is 0. The molecule has 3 amide bonds. The summed E-state index contributed by atoms with van der Waals surface area (Å²) in [4.78, 5) is 48.2. The standard InChI is InChI=1S/C20H15Cl2N3O5S/c21-14-4-3-13(16(22)11-14)10-18(26)23-7-8-24-19(27)17(31-20(24)28)9-12-1-5-15(6-2-12)25(29)30/h1-6,9,11H,7-8,10H2,(H,23,26). The first-order chi connectivity index (χ1) is 14.7. The lowest BCUT2D eigenvalue weighted by Gasteiger charge is -2.13. The Morgan fingerprint density at radius 2 is 1.87 bits per heavy atom. The zero-order valence-corrected chi connectivity index (χ0v) is 18.2. The Kier molecular flexibility index (Phi) is 7.32. The van der Waals surface area contributed by atoms with E-state index in [0.717, 1.165) is 16.7 Å². The first kappa shape index (κ1) is 22.8. The molecule has 2 aromatic carbocycles. The monoisotopic (exact) mass is 479 g/mol. The van der Waals surface area contributed by atoms with Crippen molar-refractivity contribution in [2.45, 2.75) is 6.42 Å². The highest BCUT2D eigenvalue weighted by Crippen LogP contribution is 2.32. The zero-order chi connectivity index (χ0) is 22.5. The number of rotatable bonds is 7. The molecule has 0 radical (unpaired) electrons. The molecule has 160 valence electrons. The summed E-state index contributed by atoms with van der Waals surface area (Å²) in [7, 11) is 0. The van der Waals surface area contributed by atoms with Gasteiger partial charge in [0.1, 0.15) is 0 Å². The van der Waals surface area contributed by atoms with Crippen molar-refractivity contribution in [1.82, 2.24) is 10.2 Å². The van der Waals surface area contributed by atoms with Gasteiger partial charge in [0.25, 0.3) is 16.8 Å². The van der Waals surface area contributed by atoms with Crippen LogP contribution < -0.4 is 5.32 Å². The molecule has 2 aromatic rings. The van der Waals surface area contributed by atoms with E-state index in [1.807, 2.05) is 0 Å². The maximum atomic E-state index is 12.5. The molecule has 31 heavy (non-hydrogen) atoms. The van der Waals surface area contributed by atoms with Crippen molar-refractivity contribution in [2.75, 3.05) is 13.1 Å². The van der Waals surface area contributed by atoms with Gasteiger partial charge in [0.15, 0.2) is 0 Å². The Hall–Kier alpha value is -2.88. The maximum absolute atomic E-state index is 12.5. The number of carbonyl (C=O) groups excluding carboxylic acids is 3. The van der Waals surface area contributed by atoms with Crippen LogP contribution in [0.15, 0.2) is 47.4 Å². The van der Waals surface area contributed by atoms with Crippen molar-refractivity contribution >= 4 is 63.8 Å². The third-order valence-electron chi connectivity index (χ3n) is 4.30. The van der Waals surface area contributed by atoms with Gasteiger partial charge >= 0.3 is 0 Å². The maximum Gasteiger partial charge on any atom is 0.293 e. The summed E-state index contributed by atoms with van der Waals surface area (Å²) in [5.74, 6) is -0.791. The van der Waals surface area contributed by atoms with Crippen LogP contribution in [0.25, 0.3) is 6.08 Å². The van der Waals surface area contributed by atoms with Crippen LogP contribution in [0.2, 0.25) is 10.0 Å². The quantitative estimate of drug-likeness (QED) is 0.360. The van der Waals surface area contributed by atoms with Crippen LogP contribution in [0.5, 0.6) is 0 Å². The number of hydrogen-bond donors (Lipinski definition) is 1. The zero-order valence-electron chi connectivity index (χ0n) is 15.8. The summed E-state index contributed by atoms with van der Waals surface area (Å²) in [6.07, 6.45) is 1.54. The lowest BCUT2D eigenvalue weighted by molar-refractivity contribution is -0.384. The summed E-state index contributed by atoms with van der Waals surface area (Å²) in [5, 5.41) is 13.8. The lowest BCUT2D eigenvalue weighted by atomic mass is 10.1. The first-order valence-corrected chi connectivity index (χ1v) is 10.5. The number of non-ortho nitro benzene ring substituents is 1. The van der Waals surface area contributed by atoms with E-state index in [1.165, 1.54) is 30.3 Å². The van der Waals surface area contributed by atoms with Crippen molar-refractivity contribution < 1.29 is 19.3 Å². The van der Waals surface area contributed by atoms with Crippen LogP contribution in [-0.4, -0.2) is 40.0 Å². The highest BCUT2D eigenvalue weighted by atomic mass is 35.5. The van der Waals surface area contributed by atoms with E-state index < -0.39 is 16.1 Å². The largest absolute Gasteiger partial charge is 0.354 e. The van der Waals surface area contributed by atoms with Gasteiger partial charge in [-0.15, -0.1) is 0 Å². The molecule has 1 aliphatic heterocycles. The molecule has 0 spiro atoms. The first-order valence-electron chi connectivity index (χ1n) is 8.95. The number of nitrogens with zero attached hydrogens (tertiary/aromatic N) is 2. The predicted octanol–water partition coefficient (Wildman–Crippen LogP) is 4.30. The van der Waals surface area contributed by atoms with Gasteiger partial charge < -0.3 is 5.32 Å². The van der Waals surface area contributed by atoms with Crippen molar-refractivity contribution in [2.24, 2.45) is 0 Å². The van der Waals surface area contributed by atoms with Crippen LogP contribution >= 0.6 is 35.0 Å². The smallest absolute Gasteiger partial charge is 0.293 e. The lowest BCUT2D eigenvalue weighted by Crippen LogP contribution is -2.37. The van der Waals surface area contributed by atoms with Crippen LogP contribution in [0, 0.1) is 10.1 Å². The highest BCUT2D eigenvalue weighted by molar-refractivity contribution is 8.18. The van der Waals surface area contributed by atoms with E-state index in [0.29, 0.717) is 21.2 Å². The number of nitro benzene ring substituents is 1. The molecule has 0 bridgehead atoms. The molecule has 1 fully saturated rings. The third kappa shape index (κ3) is 5.84. The topological polar surface area (TPSA) is 110 Å². The molecule has 0 saturated carbocycles. The third-order valence-corrected chi connectivity index (χ3v) is 5.79. The van der Waals surface area contributed by atoms with Gasteiger partial charge in [-0.2, -0.15) is 0 Å². The molecule has 1 aliphatic rings. The fourth-order valence-corrected chi connectivity index (χ4v) is 4.08. The minimum absolute atomic E-state index is 0.0162. The molecule has 8 nitrogen and oxygen atoms in total. The number of carbonyl (C=O) groups is 3. The Morgan fingerprint density at radius 1 is 1.16 bits per heavy atom. The second-order valence-electron chi connectivity index (χ2n) is 6.44. The number of nitro groups is 1. The van der Waals surface area contributed by atoms with E-state index in [4.69, 9.17) is 23.2 Å². The van der Waals surface area contributed by atoms with Crippen molar-refractivity contribution in [3.8, 4) is 0 Å². The number of benzene rings is 2. The second kappa shape index (κ2) is 9.95. The molecule has 1 heterocycles. The van der Waals surface area contributed by atoms with Gasteiger partial charge in [-0.05, 0) is 53.2 Å². The normalized spacial score (nSPS) is 14.9. The SMILES string of the molecule is O=C(Cc1ccc(Cl)cc1Cl)NCCN1C(=O)SC(=Cc2ccc([N+](=O)[O-])cc2)C1=O. The van der Waals surface area contributed by atoms with Gasteiger partial charge in [0.05, 0.1) is 16.2 Å². The minimum atomic E-state index is -0.521. The molecule has 11 heteroatoms. The Balaban J connectivity index is 1.55. The van der Waals surface area contributed by atoms with Gasteiger partial charge in [0, 0.05) is 35.3 Å². The van der Waals surface area contributed by atoms with Gasteiger partial charge in [-0.25, -0.2) is 0 Å². The van der Waals surface area contributed by atoms with E-state index in [2.05, 4.69) is 5.32 Å². The molecule has 3 rings (SSSR count). The van der Waals surface area contributed by atoms with Crippen LogP contribution in [0.4, 0.5) is 10.5 Å². The fraction of sp³-hybridized carbons (Fsp3) is 0.150. The number of halogens is 2. The van der Waals surface area contributed by atoms with Crippen LogP contribution in [0.3, 0.4) is 0 Å². The number of thioether (sulfide) groups is 1. The van der Waals surface area contributed by atoms with Crippen LogP contribution in [-0.2, 0) is 16.0 Å². The molecular weight excluding hydrogens is 465 g/mol. The number of amides is 3. The van der Waals surface area contributed by atoms with E-state index in [-0.39, 0.29) is 36.0 Å². The van der Waals surface area contributed by atoms with Crippen molar-refractivity contribution in [3.63, 3.8) is 0 Å². The number of imide groups is 1. The van der Waals surface area contributed by atoms with Crippen LogP contribution in [0.1, 0.15) is 11.1 Å². The average Bonchev–Trinajstić information content (AvgIpc) is 2.98. The number of hydrogen-bond acceptors (Lipinski definition) is 6.